The van der Waals surface area contributed by atoms with Gasteiger partial charge in [0.25, 0.3) is 5.56 Å². The summed E-state index contributed by atoms with van der Waals surface area (Å²) in [5.41, 5.74) is 6.20. The van der Waals surface area contributed by atoms with Gasteiger partial charge in [-0.2, -0.15) is 0 Å². The number of hydrogen-bond acceptors (Lipinski definition) is 5. The van der Waals surface area contributed by atoms with Gasteiger partial charge in [0, 0.05) is 23.7 Å². The molecule has 2 heterocycles. The highest BCUT2D eigenvalue weighted by molar-refractivity contribution is 5.72. The first kappa shape index (κ1) is 31.7. The second-order valence-electron chi connectivity index (χ2n) is 11.2. The van der Waals surface area contributed by atoms with Crippen LogP contribution in [-0.4, -0.2) is 25.6 Å². The van der Waals surface area contributed by atoms with E-state index in [1.165, 1.54) is 0 Å². The molecule has 0 spiro atoms. The van der Waals surface area contributed by atoms with E-state index in [0.29, 0.717) is 34.9 Å². The van der Waals surface area contributed by atoms with Gasteiger partial charge in [-0.15, -0.1) is 0 Å². The zero-order valence-electron chi connectivity index (χ0n) is 26.1. The number of pyridine rings is 1. The van der Waals surface area contributed by atoms with Gasteiger partial charge >= 0.3 is 5.97 Å². The summed E-state index contributed by atoms with van der Waals surface area (Å²) >= 11 is 0. The van der Waals surface area contributed by atoms with E-state index in [1.807, 2.05) is 50.2 Å². The van der Waals surface area contributed by atoms with Crippen molar-refractivity contribution < 1.29 is 14.6 Å². The van der Waals surface area contributed by atoms with Crippen LogP contribution in [0.15, 0.2) is 59.5 Å². The zero-order chi connectivity index (χ0) is 30.9. The highest BCUT2D eigenvalue weighted by atomic mass is 16.5. The van der Waals surface area contributed by atoms with E-state index in [9.17, 15) is 14.7 Å². The lowest BCUT2D eigenvalue weighted by Crippen LogP contribution is -2.29. The molecule has 0 fully saturated rings. The van der Waals surface area contributed by atoms with E-state index in [-0.39, 0.29) is 12.0 Å². The Balaban J connectivity index is 1.85. The number of rotatable bonds is 14. The monoisotopic (exact) mass is 581 g/mol. The maximum Gasteiger partial charge on any atom is 0.307 e. The van der Waals surface area contributed by atoms with Gasteiger partial charge in [-0.1, -0.05) is 76.4 Å². The van der Waals surface area contributed by atoms with Crippen molar-refractivity contribution in [2.75, 3.05) is 0 Å². The van der Waals surface area contributed by atoms with Crippen molar-refractivity contribution in [1.29, 1.82) is 0 Å². The van der Waals surface area contributed by atoms with Crippen molar-refractivity contribution in [2.45, 2.75) is 92.4 Å². The topological polar surface area (TPSA) is 94.3 Å². The number of ether oxygens (including phenoxy) is 1. The van der Waals surface area contributed by atoms with Gasteiger partial charge in [0.05, 0.1) is 12.1 Å². The van der Waals surface area contributed by atoms with E-state index in [4.69, 9.17) is 9.72 Å². The quantitative estimate of drug-likeness (QED) is 0.166. The van der Waals surface area contributed by atoms with E-state index >= 15 is 0 Å². The summed E-state index contributed by atoms with van der Waals surface area (Å²) in [6, 6.07) is 15.5. The van der Waals surface area contributed by atoms with Crippen molar-refractivity contribution in [3.63, 3.8) is 0 Å². The van der Waals surface area contributed by atoms with Crippen molar-refractivity contribution in [1.82, 2.24) is 14.5 Å². The molecule has 0 atom stereocenters. The number of nitrogens with zero attached hydrogens (tertiary/aromatic N) is 3. The number of aromatic nitrogens is 3. The molecule has 0 saturated carbocycles. The first-order valence-corrected chi connectivity index (χ1v) is 15.4. The van der Waals surface area contributed by atoms with Crippen LogP contribution >= 0.6 is 0 Å². The molecule has 0 amide bonds. The normalized spacial score (nSPS) is 11.1. The molecular weight excluding hydrogens is 538 g/mol. The summed E-state index contributed by atoms with van der Waals surface area (Å²) in [4.78, 5) is 35.1. The third kappa shape index (κ3) is 7.58. The fourth-order valence-corrected chi connectivity index (χ4v) is 5.64. The van der Waals surface area contributed by atoms with E-state index < -0.39 is 5.97 Å². The predicted octanol–water partition coefficient (Wildman–Crippen LogP) is 7.50. The number of aliphatic carboxylic acids is 1. The molecular formula is C36H43N3O4. The van der Waals surface area contributed by atoms with Crippen LogP contribution in [0.2, 0.25) is 0 Å². The Morgan fingerprint density at radius 1 is 0.884 bits per heavy atom. The molecule has 7 nitrogen and oxygen atoms in total. The molecule has 1 N–H and O–H groups in total. The number of carboxylic acid groups (broad SMARTS) is 1. The molecule has 2 aromatic heterocycles. The maximum atomic E-state index is 14.1. The minimum atomic E-state index is -0.893. The molecule has 226 valence electrons. The van der Waals surface area contributed by atoms with Gasteiger partial charge in [0.2, 0.25) is 0 Å². The summed E-state index contributed by atoms with van der Waals surface area (Å²) in [5, 5.41) is 9.52. The molecule has 0 radical (unpaired) electrons. The Hall–Kier alpha value is -4.26. The fourth-order valence-electron chi connectivity index (χ4n) is 5.64. The van der Waals surface area contributed by atoms with Crippen LogP contribution in [-0.2, 0) is 36.9 Å². The standard InChI is InChI=1S/C36H43N3O4/c1-6-9-17-31-30(36(42)39(25(5)38-31)32-18-10-11-19-37-32)22-26-20-27(13-7-2)35(28(21-26)14-8-3)43-34-24(4)15-12-16-29(34)23-33(40)41/h10-12,15-16,18-21H,6-9,13-14,17,22-23H2,1-5H3,(H,40,41). The second-order valence-corrected chi connectivity index (χ2v) is 11.2. The van der Waals surface area contributed by atoms with Crippen molar-refractivity contribution >= 4 is 5.97 Å². The van der Waals surface area contributed by atoms with Crippen molar-refractivity contribution in [3.8, 4) is 17.3 Å². The summed E-state index contributed by atoms with van der Waals surface area (Å²) in [7, 11) is 0. The van der Waals surface area contributed by atoms with Gasteiger partial charge < -0.3 is 9.84 Å². The molecule has 0 bridgehead atoms. The predicted molar refractivity (Wildman–Crippen MR) is 171 cm³/mol. The lowest BCUT2D eigenvalue weighted by molar-refractivity contribution is -0.136. The van der Waals surface area contributed by atoms with Crippen LogP contribution < -0.4 is 10.3 Å². The first-order valence-electron chi connectivity index (χ1n) is 15.4. The number of carbonyl (C=O) groups is 1. The van der Waals surface area contributed by atoms with E-state index in [0.717, 1.165) is 78.6 Å². The highest BCUT2D eigenvalue weighted by Gasteiger charge is 2.21. The highest BCUT2D eigenvalue weighted by Crippen LogP contribution is 2.37. The van der Waals surface area contributed by atoms with Gasteiger partial charge in [-0.3, -0.25) is 9.59 Å². The van der Waals surface area contributed by atoms with Gasteiger partial charge in [0.1, 0.15) is 23.1 Å². The minimum absolute atomic E-state index is 0.0788. The third-order valence-electron chi connectivity index (χ3n) is 7.64. The van der Waals surface area contributed by atoms with Crippen LogP contribution in [0.1, 0.15) is 91.4 Å². The summed E-state index contributed by atoms with van der Waals surface area (Å²) in [5.74, 6) is 1.72. The van der Waals surface area contributed by atoms with Crippen LogP contribution in [0.4, 0.5) is 0 Å². The van der Waals surface area contributed by atoms with Crippen LogP contribution in [0.5, 0.6) is 11.5 Å². The van der Waals surface area contributed by atoms with Gasteiger partial charge in [-0.25, -0.2) is 14.5 Å². The lowest BCUT2D eigenvalue weighted by atomic mass is 9.94. The largest absolute Gasteiger partial charge is 0.481 e. The Morgan fingerprint density at radius 3 is 2.21 bits per heavy atom. The lowest BCUT2D eigenvalue weighted by Gasteiger charge is -2.21. The summed E-state index contributed by atoms with van der Waals surface area (Å²) < 4.78 is 8.27. The smallest absolute Gasteiger partial charge is 0.307 e. The zero-order valence-corrected chi connectivity index (χ0v) is 26.1. The molecule has 4 aromatic rings. The Morgan fingerprint density at radius 2 is 1.60 bits per heavy atom. The average molecular weight is 582 g/mol. The molecule has 43 heavy (non-hydrogen) atoms. The van der Waals surface area contributed by atoms with E-state index in [2.05, 4.69) is 37.9 Å². The Labute approximate surface area is 254 Å². The number of aryl methyl sites for hydroxylation is 5. The van der Waals surface area contributed by atoms with Crippen LogP contribution in [0, 0.1) is 13.8 Å². The molecule has 4 rings (SSSR count). The average Bonchev–Trinajstić information content (AvgIpc) is 2.97. The molecule has 0 aliphatic heterocycles. The molecule has 0 unspecified atom stereocenters. The number of unbranched alkanes of at least 4 members (excludes halogenated alkanes) is 1. The van der Waals surface area contributed by atoms with Crippen molar-refractivity contribution in [3.05, 3.63) is 110 Å². The molecule has 0 saturated heterocycles. The van der Waals surface area contributed by atoms with Crippen LogP contribution in [0.25, 0.3) is 5.82 Å². The Kier molecular flexibility index (Phi) is 10.9. The minimum Gasteiger partial charge on any atom is -0.481 e. The fraction of sp³-hybridized carbons (Fsp3) is 0.389. The summed E-state index contributed by atoms with van der Waals surface area (Å²) in [6.07, 6.45) is 8.19. The van der Waals surface area contributed by atoms with Gasteiger partial charge in [0.15, 0.2) is 0 Å². The van der Waals surface area contributed by atoms with E-state index in [1.54, 1.807) is 10.8 Å². The third-order valence-corrected chi connectivity index (χ3v) is 7.64. The van der Waals surface area contributed by atoms with Gasteiger partial charge in [-0.05, 0) is 73.9 Å². The number of hydrogen-bond donors (Lipinski definition) is 1. The maximum absolute atomic E-state index is 14.1. The number of para-hydroxylation sites is 1. The molecule has 7 heteroatoms. The van der Waals surface area contributed by atoms with Crippen molar-refractivity contribution in [2.24, 2.45) is 0 Å². The molecule has 0 aliphatic rings. The Bertz CT molecular complexity index is 1600. The second kappa shape index (κ2) is 14.8. The molecule has 2 aromatic carbocycles. The first-order chi connectivity index (χ1) is 20.8. The number of carboxylic acids is 1. The number of benzene rings is 2. The van der Waals surface area contributed by atoms with Crippen LogP contribution in [0.3, 0.4) is 0 Å². The molecule has 0 aliphatic carbocycles. The summed E-state index contributed by atoms with van der Waals surface area (Å²) in [6.45, 7) is 10.2. The SMILES string of the molecule is CCCCc1nc(C)n(-c2ccccn2)c(=O)c1Cc1cc(CCC)c(Oc2c(C)cccc2CC(=O)O)c(CCC)c1.